The molecule has 0 bridgehead atoms. The van der Waals surface area contributed by atoms with E-state index in [9.17, 15) is 37.0 Å². The molecular weight excluding hydrogens is 457 g/mol. The van der Waals surface area contributed by atoms with Crippen LogP contribution in [-0.4, -0.2) is 20.7 Å². The largest absolute Gasteiger partial charge is 0.507 e. The molecule has 0 unspecified atom stereocenters. The highest BCUT2D eigenvalue weighted by Gasteiger charge is 2.35. The number of alkyl halides is 3. The molecule has 1 heterocycles. The first-order valence-corrected chi connectivity index (χ1v) is 9.70. The van der Waals surface area contributed by atoms with Crippen LogP contribution in [0.25, 0.3) is 22.2 Å². The summed E-state index contributed by atoms with van der Waals surface area (Å²) in [5, 5.41) is 19.7. The molecule has 4 rings (SSSR count). The minimum Gasteiger partial charge on any atom is -0.507 e. The molecule has 0 fully saturated rings. The van der Waals surface area contributed by atoms with E-state index in [0.29, 0.717) is 6.07 Å². The van der Waals surface area contributed by atoms with Crippen molar-refractivity contribution in [3.8, 4) is 28.8 Å². The second-order valence-electron chi connectivity index (χ2n) is 7.43. The molecule has 0 aliphatic rings. The van der Waals surface area contributed by atoms with Crippen molar-refractivity contribution in [2.75, 3.05) is 0 Å². The number of carboxylic acids is 1. The Kier molecular flexibility index (Phi) is 5.53. The van der Waals surface area contributed by atoms with E-state index < -0.39 is 40.7 Å². The predicted octanol–water partition coefficient (Wildman–Crippen LogP) is 5.95. The Morgan fingerprint density at radius 1 is 0.971 bits per heavy atom. The van der Waals surface area contributed by atoms with Gasteiger partial charge in [0.25, 0.3) is 0 Å². The molecule has 0 amide bonds. The summed E-state index contributed by atoms with van der Waals surface area (Å²) in [5.74, 6) is 1.40. The second-order valence-corrected chi connectivity index (χ2v) is 7.43. The number of nitrogens with zero attached hydrogens (tertiary/aromatic N) is 1. The zero-order valence-corrected chi connectivity index (χ0v) is 17.3. The van der Waals surface area contributed by atoms with Gasteiger partial charge in [0.05, 0.1) is 22.3 Å². The van der Waals surface area contributed by atoms with Gasteiger partial charge < -0.3 is 14.8 Å². The fourth-order valence-electron chi connectivity index (χ4n) is 3.78. The molecule has 0 aliphatic heterocycles. The topological polar surface area (TPSA) is 62.5 Å². The highest BCUT2D eigenvalue weighted by Crippen LogP contribution is 2.41. The monoisotopic (exact) mass is 471 g/mol. The van der Waals surface area contributed by atoms with Crippen LogP contribution in [0.15, 0.2) is 54.6 Å². The number of carbonyl (C=O) groups is 1. The maximum Gasteiger partial charge on any atom is 0.417 e. The van der Waals surface area contributed by atoms with E-state index in [2.05, 4.69) is 11.8 Å². The Hall–Kier alpha value is -4.32. The molecule has 0 spiro atoms. The van der Waals surface area contributed by atoms with Crippen LogP contribution in [0.3, 0.4) is 0 Å². The Morgan fingerprint density at radius 2 is 1.62 bits per heavy atom. The third kappa shape index (κ3) is 4.06. The summed E-state index contributed by atoms with van der Waals surface area (Å²) in [6, 6.07) is 9.54. The Balaban J connectivity index is 2.11. The number of aryl methyl sites for hydroxylation is 1. The average molecular weight is 471 g/mol. The molecule has 0 atom stereocenters. The lowest BCUT2D eigenvalue weighted by Crippen LogP contribution is -2.08. The van der Waals surface area contributed by atoms with Crippen molar-refractivity contribution in [1.82, 2.24) is 4.57 Å². The molecule has 4 nitrogen and oxygen atoms in total. The smallest absolute Gasteiger partial charge is 0.417 e. The minimum absolute atomic E-state index is 0.00127. The Bertz CT molecular complexity index is 1500. The number of phenols is 1. The average Bonchev–Trinajstić information content (AvgIpc) is 3.01. The number of aromatic nitrogens is 1. The van der Waals surface area contributed by atoms with Crippen molar-refractivity contribution in [1.29, 1.82) is 0 Å². The standard InChI is InChI=1S/C25H14F5NO3/c1-31-21-12-22(32)19(24(33)34)11-18(21)16(7-6-13-8-14(26)10-15(27)9-13)23(31)17-4-2-3-5-20(17)25(28,29)30/h2-5,8-12,32H,1H3,(H,33,34). The van der Waals surface area contributed by atoms with Crippen LogP contribution in [-0.2, 0) is 13.2 Å². The summed E-state index contributed by atoms with van der Waals surface area (Å²) < 4.78 is 69.9. The normalized spacial score (nSPS) is 11.4. The first-order chi connectivity index (χ1) is 16.0. The van der Waals surface area contributed by atoms with E-state index in [1.165, 1.54) is 29.8 Å². The van der Waals surface area contributed by atoms with E-state index in [1.807, 2.05) is 0 Å². The van der Waals surface area contributed by atoms with Crippen LogP contribution in [0, 0.1) is 23.5 Å². The molecule has 172 valence electrons. The van der Waals surface area contributed by atoms with Crippen LogP contribution in [0.5, 0.6) is 5.75 Å². The van der Waals surface area contributed by atoms with Crippen molar-refractivity contribution in [2.45, 2.75) is 6.18 Å². The maximum atomic E-state index is 13.8. The molecule has 1 aromatic heterocycles. The lowest BCUT2D eigenvalue weighted by Gasteiger charge is -2.14. The molecule has 0 saturated heterocycles. The fraction of sp³-hybridized carbons (Fsp3) is 0.0800. The number of hydrogen-bond donors (Lipinski definition) is 2. The van der Waals surface area contributed by atoms with Gasteiger partial charge in [0, 0.05) is 35.7 Å². The second kappa shape index (κ2) is 8.23. The number of carboxylic acid groups (broad SMARTS) is 1. The Morgan fingerprint density at radius 3 is 2.24 bits per heavy atom. The van der Waals surface area contributed by atoms with Crippen molar-refractivity contribution in [2.24, 2.45) is 7.05 Å². The number of benzene rings is 3. The summed E-state index contributed by atoms with van der Waals surface area (Å²) in [4.78, 5) is 11.5. The quantitative estimate of drug-likeness (QED) is 0.281. The van der Waals surface area contributed by atoms with Crippen LogP contribution in [0.2, 0.25) is 0 Å². The van der Waals surface area contributed by atoms with Crippen molar-refractivity contribution < 1.29 is 37.0 Å². The zero-order chi connectivity index (χ0) is 24.8. The van der Waals surface area contributed by atoms with E-state index in [4.69, 9.17) is 0 Å². The van der Waals surface area contributed by atoms with E-state index in [1.54, 1.807) is 0 Å². The van der Waals surface area contributed by atoms with E-state index in [-0.39, 0.29) is 33.3 Å². The maximum absolute atomic E-state index is 13.8. The predicted molar refractivity (Wildman–Crippen MR) is 114 cm³/mol. The first-order valence-electron chi connectivity index (χ1n) is 9.70. The number of rotatable bonds is 2. The summed E-state index contributed by atoms with van der Waals surface area (Å²) in [5.41, 5.74) is -1.53. The van der Waals surface area contributed by atoms with E-state index in [0.717, 1.165) is 30.3 Å². The zero-order valence-electron chi connectivity index (χ0n) is 17.3. The third-order valence-corrected chi connectivity index (χ3v) is 5.23. The molecule has 4 aromatic rings. The van der Waals surface area contributed by atoms with Gasteiger partial charge in [0.15, 0.2) is 0 Å². The van der Waals surface area contributed by atoms with Crippen LogP contribution < -0.4 is 0 Å². The summed E-state index contributed by atoms with van der Waals surface area (Å²) in [7, 11) is 1.44. The van der Waals surface area contributed by atoms with Crippen LogP contribution in [0.1, 0.15) is 27.0 Å². The van der Waals surface area contributed by atoms with Gasteiger partial charge in [-0.15, -0.1) is 0 Å². The van der Waals surface area contributed by atoms with Gasteiger partial charge in [-0.2, -0.15) is 13.2 Å². The molecule has 34 heavy (non-hydrogen) atoms. The highest BCUT2D eigenvalue weighted by molar-refractivity contribution is 6.02. The number of aromatic hydroxyl groups is 1. The Labute approximate surface area is 189 Å². The first kappa shape index (κ1) is 22.9. The van der Waals surface area contributed by atoms with Crippen molar-refractivity contribution >= 4 is 16.9 Å². The number of halogens is 5. The fourth-order valence-corrected chi connectivity index (χ4v) is 3.78. The van der Waals surface area contributed by atoms with Crippen LogP contribution in [0.4, 0.5) is 22.0 Å². The summed E-state index contributed by atoms with van der Waals surface area (Å²) >= 11 is 0. The highest BCUT2D eigenvalue weighted by atomic mass is 19.4. The molecular formula is C25H14F5NO3. The number of aromatic carboxylic acids is 1. The van der Waals surface area contributed by atoms with Gasteiger partial charge in [-0.1, -0.05) is 30.0 Å². The third-order valence-electron chi connectivity index (χ3n) is 5.23. The number of hydrogen-bond acceptors (Lipinski definition) is 2. The molecule has 9 heteroatoms. The molecule has 0 radical (unpaired) electrons. The van der Waals surface area contributed by atoms with Gasteiger partial charge in [0.1, 0.15) is 22.9 Å². The molecule has 2 N–H and O–H groups in total. The summed E-state index contributed by atoms with van der Waals surface area (Å²) in [6.07, 6.45) is -4.71. The van der Waals surface area contributed by atoms with Gasteiger partial charge in [-0.3, -0.25) is 0 Å². The van der Waals surface area contributed by atoms with Gasteiger partial charge >= 0.3 is 12.1 Å². The molecule has 0 aliphatic carbocycles. The van der Waals surface area contributed by atoms with Gasteiger partial charge in [0.2, 0.25) is 0 Å². The lowest BCUT2D eigenvalue weighted by molar-refractivity contribution is -0.137. The van der Waals surface area contributed by atoms with Crippen LogP contribution >= 0.6 is 0 Å². The molecule has 3 aromatic carbocycles. The van der Waals surface area contributed by atoms with E-state index >= 15 is 0 Å². The lowest BCUT2D eigenvalue weighted by atomic mass is 9.99. The van der Waals surface area contributed by atoms with Crippen molar-refractivity contribution in [3.05, 3.63) is 88.5 Å². The van der Waals surface area contributed by atoms with Gasteiger partial charge in [-0.25, -0.2) is 13.6 Å². The SMILES string of the molecule is Cn1c(-c2ccccc2C(F)(F)F)c(C#Cc2cc(F)cc(F)c2)c2cc(C(=O)O)c(O)cc21. The minimum atomic E-state index is -4.71. The summed E-state index contributed by atoms with van der Waals surface area (Å²) in [6.45, 7) is 0. The van der Waals surface area contributed by atoms with Crippen molar-refractivity contribution in [3.63, 3.8) is 0 Å². The number of fused-ring (bicyclic) bond motifs is 1. The molecule has 0 saturated carbocycles. The van der Waals surface area contributed by atoms with Gasteiger partial charge in [-0.05, 0) is 24.3 Å².